The van der Waals surface area contributed by atoms with Crippen LogP contribution in [0.3, 0.4) is 0 Å². The standard InChI is InChI=1S/C9H21NO3S/c1-5-14(11,12)7-9(3)10-8(2)6-13-4/h8-10H,5-7H2,1-4H3. The summed E-state index contributed by atoms with van der Waals surface area (Å²) in [6.45, 7) is 6.11. The molecule has 0 fully saturated rings. The molecule has 1 N–H and O–H groups in total. The van der Waals surface area contributed by atoms with E-state index < -0.39 is 9.84 Å². The van der Waals surface area contributed by atoms with E-state index in [4.69, 9.17) is 4.74 Å². The minimum absolute atomic E-state index is 0.0231. The van der Waals surface area contributed by atoms with Crippen LogP contribution in [-0.4, -0.2) is 45.7 Å². The van der Waals surface area contributed by atoms with Crippen molar-refractivity contribution in [3.8, 4) is 0 Å². The lowest BCUT2D eigenvalue weighted by atomic mass is 10.3. The molecule has 0 aromatic heterocycles. The Bertz CT molecular complexity index is 238. The molecule has 0 aliphatic rings. The lowest BCUT2D eigenvalue weighted by Gasteiger charge is -2.18. The largest absolute Gasteiger partial charge is 0.383 e. The van der Waals surface area contributed by atoms with Crippen LogP contribution in [-0.2, 0) is 14.6 Å². The van der Waals surface area contributed by atoms with Gasteiger partial charge in [-0.1, -0.05) is 6.92 Å². The van der Waals surface area contributed by atoms with Gasteiger partial charge in [0.2, 0.25) is 0 Å². The molecule has 2 unspecified atom stereocenters. The molecular weight excluding hydrogens is 202 g/mol. The molecule has 4 nitrogen and oxygen atoms in total. The van der Waals surface area contributed by atoms with Crippen molar-refractivity contribution in [2.24, 2.45) is 0 Å². The van der Waals surface area contributed by atoms with Crippen molar-refractivity contribution in [3.05, 3.63) is 0 Å². The monoisotopic (exact) mass is 223 g/mol. The number of methoxy groups -OCH3 is 1. The van der Waals surface area contributed by atoms with Crippen molar-refractivity contribution in [1.82, 2.24) is 5.32 Å². The first-order valence-electron chi connectivity index (χ1n) is 4.86. The van der Waals surface area contributed by atoms with Gasteiger partial charge in [0.05, 0.1) is 12.4 Å². The third-order valence-electron chi connectivity index (χ3n) is 1.93. The summed E-state index contributed by atoms with van der Waals surface area (Å²) >= 11 is 0. The third kappa shape index (κ3) is 6.34. The Hall–Kier alpha value is -0.130. The van der Waals surface area contributed by atoms with E-state index in [1.165, 1.54) is 0 Å². The van der Waals surface area contributed by atoms with E-state index in [2.05, 4.69) is 5.32 Å². The van der Waals surface area contributed by atoms with Crippen LogP contribution in [0.5, 0.6) is 0 Å². The van der Waals surface area contributed by atoms with Gasteiger partial charge in [-0.25, -0.2) is 8.42 Å². The molecule has 0 amide bonds. The van der Waals surface area contributed by atoms with Crippen molar-refractivity contribution in [1.29, 1.82) is 0 Å². The van der Waals surface area contributed by atoms with Crippen molar-refractivity contribution >= 4 is 9.84 Å². The second-order valence-corrected chi connectivity index (χ2v) is 6.02. The normalized spacial score (nSPS) is 16.6. The quantitative estimate of drug-likeness (QED) is 0.680. The summed E-state index contributed by atoms with van der Waals surface area (Å²) in [6, 6.07) is 0.159. The summed E-state index contributed by atoms with van der Waals surface area (Å²) in [5, 5.41) is 3.17. The molecule has 0 spiro atoms. The fourth-order valence-electron chi connectivity index (χ4n) is 1.33. The van der Waals surface area contributed by atoms with Crippen LogP contribution >= 0.6 is 0 Å². The molecule has 0 saturated heterocycles. The first-order valence-corrected chi connectivity index (χ1v) is 6.68. The van der Waals surface area contributed by atoms with E-state index in [1.807, 2.05) is 13.8 Å². The Labute approximate surface area is 86.9 Å². The molecule has 0 rings (SSSR count). The molecular formula is C9H21NO3S. The van der Waals surface area contributed by atoms with Gasteiger partial charge in [-0.2, -0.15) is 0 Å². The Morgan fingerprint density at radius 2 is 1.86 bits per heavy atom. The third-order valence-corrected chi connectivity index (χ3v) is 3.82. The number of ether oxygens (including phenoxy) is 1. The molecule has 14 heavy (non-hydrogen) atoms. The van der Waals surface area contributed by atoms with Crippen LogP contribution in [0.2, 0.25) is 0 Å². The molecule has 0 aliphatic carbocycles. The number of hydrogen-bond acceptors (Lipinski definition) is 4. The van der Waals surface area contributed by atoms with Crippen LogP contribution in [0.4, 0.5) is 0 Å². The van der Waals surface area contributed by atoms with Crippen molar-refractivity contribution in [2.45, 2.75) is 32.9 Å². The minimum Gasteiger partial charge on any atom is -0.383 e. The maximum Gasteiger partial charge on any atom is 0.151 e. The fourth-order valence-corrected chi connectivity index (χ4v) is 2.42. The molecule has 0 bridgehead atoms. The zero-order valence-corrected chi connectivity index (χ0v) is 10.2. The lowest BCUT2D eigenvalue weighted by molar-refractivity contribution is 0.169. The van der Waals surface area contributed by atoms with E-state index >= 15 is 0 Å². The molecule has 0 aromatic rings. The Morgan fingerprint density at radius 3 is 2.29 bits per heavy atom. The van der Waals surface area contributed by atoms with E-state index in [0.29, 0.717) is 6.61 Å². The average Bonchev–Trinajstić information content (AvgIpc) is 2.03. The highest BCUT2D eigenvalue weighted by Gasteiger charge is 2.14. The highest BCUT2D eigenvalue weighted by Crippen LogP contribution is 1.96. The number of rotatable bonds is 7. The summed E-state index contributed by atoms with van der Waals surface area (Å²) in [7, 11) is -1.25. The number of hydrogen-bond donors (Lipinski definition) is 1. The van der Waals surface area contributed by atoms with Crippen LogP contribution in [0.15, 0.2) is 0 Å². The van der Waals surface area contributed by atoms with Gasteiger partial charge < -0.3 is 10.1 Å². The maximum absolute atomic E-state index is 11.3. The van der Waals surface area contributed by atoms with Crippen LogP contribution in [0.25, 0.3) is 0 Å². The molecule has 2 atom stereocenters. The summed E-state index contributed by atoms with van der Waals surface area (Å²) in [4.78, 5) is 0. The zero-order chi connectivity index (χ0) is 11.2. The van der Waals surface area contributed by atoms with E-state index in [1.54, 1.807) is 14.0 Å². The van der Waals surface area contributed by atoms with Gasteiger partial charge in [0.15, 0.2) is 9.84 Å². The average molecular weight is 223 g/mol. The molecule has 86 valence electrons. The summed E-state index contributed by atoms with van der Waals surface area (Å²) < 4.78 is 27.5. The molecule has 0 aromatic carbocycles. The van der Waals surface area contributed by atoms with Crippen LogP contribution in [0, 0.1) is 0 Å². The second kappa shape index (κ2) is 6.37. The van der Waals surface area contributed by atoms with E-state index in [0.717, 1.165) is 0 Å². The minimum atomic E-state index is -2.88. The molecule has 0 aliphatic heterocycles. The SMILES string of the molecule is CCS(=O)(=O)CC(C)NC(C)COC. The van der Waals surface area contributed by atoms with Crippen molar-refractivity contribution < 1.29 is 13.2 Å². The molecule has 0 radical (unpaired) electrons. The Kier molecular flexibility index (Phi) is 6.31. The fraction of sp³-hybridized carbons (Fsp3) is 1.00. The predicted octanol–water partition coefficient (Wildman–Crippen LogP) is 0.434. The highest BCUT2D eigenvalue weighted by molar-refractivity contribution is 7.91. The van der Waals surface area contributed by atoms with Crippen molar-refractivity contribution in [2.75, 3.05) is 25.2 Å². The van der Waals surface area contributed by atoms with Gasteiger partial charge in [0, 0.05) is 24.9 Å². The maximum atomic E-state index is 11.3. The zero-order valence-electron chi connectivity index (χ0n) is 9.41. The number of nitrogens with one attached hydrogen (secondary N) is 1. The van der Waals surface area contributed by atoms with Crippen LogP contribution in [0.1, 0.15) is 20.8 Å². The summed E-state index contributed by atoms with van der Waals surface area (Å²) in [6.07, 6.45) is 0. The Balaban J connectivity index is 3.92. The van der Waals surface area contributed by atoms with Gasteiger partial charge in [-0.05, 0) is 13.8 Å². The predicted molar refractivity (Wildman–Crippen MR) is 58.3 cm³/mol. The van der Waals surface area contributed by atoms with Crippen LogP contribution < -0.4 is 5.32 Å². The van der Waals surface area contributed by atoms with E-state index in [-0.39, 0.29) is 23.6 Å². The second-order valence-electron chi connectivity index (χ2n) is 3.62. The van der Waals surface area contributed by atoms with Gasteiger partial charge >= 0.3 is 0 Å². The van der Waals surface area contributed by atoms with Crippen molar-refractivity contribution in [3.63, 3.8) is 0 Å². The first kappa shape index (κ1) is 13.9. The highest BCUT2D eigenvalue weighted by atomic mass is 32.2. The molecule has 5 heteroatoms. The van der Waals surface area contributed by atoms with Gasteiger partial charge in [-0.3, -0.25) is 0 Å². The topological polar surface area (TPSA) is 55.4 Å². The summed E-state index contributed by atoms with van der Waals surface area (Å²) in [5.41, 5.74) is 0. The smallest absolute Gasteiger partial charge is 0.151 e. The molecule has 0 saturated carbocycles. The van der Waals surface area contributed by atoms with Gasteiger partial charge in [-0.15, -0.1) is 0 Å². The van der Waals surface area contributed by atoms with Gasteiger partial charge in [0.25, 0.3) is 0 Å². The van der Waals surface area contributed by atoms with E-state index in [9.17, 15) is 8.42 Å². The molecule has 0 heterocycles. The number of sulfone groups is 1. The lowest BCUT2D eigenvalue weighted by Crippen LogP contribution is -2.41. The summed E-state index contributed by atoms with van der Waals surface area (Å²) in [5.74, 6) is 0.398. The first-order chi connectivity index (χ1) is 6.41. The Morgan fingerprint density at radius 1 is 1.29 bits per heavy atom. The van der Waals surface area contributed by atoms with Gasteiger partial charge in [0.1, 0.15) is 0 Å².